The topological polar surface area (TPSA) is 148 Å². The van der Waals surface area contributed by atoms with Gasteiger partial charge in [-0.2, -0.15) is 0 Å². The van der Waals surface area contributed by atoms with Crippen LogP contribution in [0.15, 0.2) is 60.7 Å². The van der Waals surface area contributed by atoms with E-state index in [-0.39, 0.29) is 12.8 Å². The van der Waals surface area contributed by atoms with Crippen molar-refractivity contribution in [3.05, 3.63) is 71.8 Å². The number of carboxylic acid groups (broad SMARTS) is 1. The fourth-order valence-electron chi connectivity index (χ4n) is 3.87. The van der Waals surface area contributed by atoms with Crippen molar-refractivity contribution in [2.24, 2.45) is 5.73 Å². The maximum atomic E-state index is 12.8. The summed E-state index contributed by atoms with van der Waals surface area (Å²) in [6, 6.07) is 17.7. The molecule has 35 heavy (non-hydrogen) atoms. The molecule has 2 rings (SSSR count). The quantitative estimate of drug-likeness (QED) is 0.285. The van der Waals surface area contributed by atoms with Crippen molar-refractivity contribution in [3.8, 4) is 0 Å². The number of carbonyl (C=O) groups is 2. The summed E-state index contributed by atoms with van der Waals surface area (Å²) in [7, 11) is 0. The summed E-state index contributed by atoms with van der Waals surface area (Å²) in [6.07, 6.45) is -4.99. The van der Waals surface area contributed by atoms with Gasteiger partial charge in [-0.05, 0) is 51.7 Å². The van der Waals surface area contributed by atoms with Gasteiger partial charge in [0.15, 0.2) is 0 Å². The van der Waals surface area contributed by atoms with Crippen molar-refractivity contribution in [2.75, 3.05) is 0 Å². The van der Waals surface area contributed by atoms with Gasteiger partial charge < -0.3 is 31.7 Å². The third-order valence-electron chi connectivity index (χ3n) is 5.69. The first-order valence-corrected chi connectivity index (χ1v) is 11.7. The van der Waals surface area contributed by atoms with Crippen molar-refractivity contribution in [1.82, 2.24) is 15.5 Å². The van der Waals surface area contributed by atoms with Crippen LogP contribution >= 0.6 is 0 Å². The lowest BCUT2D eigenvalue weighted by Gasteiger charge is -2.47. The molecule has 192 valence electrons. The number of benzene rings is 2. The lowest BCUT2D eigenvalue weighted by atomic mass is 9.92. The molecule has 0 saturated carbocycles. The van der Waals surface area contributed by atoms with E-state index in [2.05, 4.69) is 10.6 Å². The zero-order valence-corrected chi connectivity index (χ0v) is 20.8. The fourth-order valence-corrected chi connectivity index (χ4v) is 3.87. The Morgan fingerprint density at radius 1 is 0.971 bits per heavy atom. The van der Waals surface area contributed by atoms with E-state index >= 15 is 0 Å². The van der Waals surface area contributed by atoms with Crippen LogP contribution in [0.3, 0.4) is 0 Å². The second-order valence-electron chi connectivity index (χ2n) is 9.87. The van der Waals surface area contributed by atoms with Crippen LogP contribution in [-0.2, 0) is 12.8 Å². The molecule has 4 atom stereocenters. The Kier molecular flexibility index (Phi) is 9.64. The summed E-state index contributed by atoms with van der Waals surface area (Å²) >= 11 is 0. The van der Waals surface area contributed by atoms with Gasteiger partial charge in [-0.25, -0.2) is 9.59 Å². The monoisotopic (exact) mass is 486 g/mol. The minimum Gasteiger partial charge on any atom is -0.465 e. The molecule has 9 heteroatoms. The first kappa shape index (κ1) is 28.1. The van der Waals surface area contributed by atoms with Crippen LogP contribution in [0.1, 0.15) is 45.2 Å². The second-order valence-corrected chi connectivity index (χ2v) is 9.87. The minimum absolute atomic E-state index is 0.0394. The summed E-state index contributed by atoms with van der Waals surface area (Å²) in [5.41, 5.74) is 5.77. The molecular formula is C26H38N4O5. The summed E-state index contributed by atoms with van der Waals surface area (Å²) in [5.74, 6) is 0. The number of nitrogens with two attached hydrogens (primary N) is 1. The molecular weight excluding hydrogens is 448 g/mol. The highest BCUT2D eigenvalue weighted by Gasteiger charge is 2.47. The number of urea groups is 1. The van der Waals surface area contributed by atoms with Crippen molar-refractivity contribution in [1.29, 1.82) is 0 Å². The molecule has 4 unspecified atom stereocenters. The number of aliphatic hydroxyl groups excluding tert-OH is 2. The molecule has 0 aliphatic rings. The first-order chi connectivity index (χ1) is 16.3. The smallest absolute Gasteiger partial charge is 0.410 e. The zero-order chi connectivity index (χ0) is 26.2. The van der Waals surface area contributed by atoms with E-state index in [4.69, 9.17) is 5.73 Å². The van der Waals surface area contributed by atoms with Crippen molar-refractivity contribution in [2.45, 2.75) is 76.5 Å². The van der Waals surface area contributed by atoms with Crippen LogP contribution in [-0.4, -0.2) is 61.9 Å². The van der Waals surface area contributed by atoms with Gasteiger partial charge in [0.1, 0.15) is 11.8 Å². The van der Waals surface area contributed by atoms with Gasteiger partial charge >= 0.3 is 12.1 Å². The molecule has 0 radical (unpaired) electrons. The Balaban J connectivity index is 2.43. The Labute approximate surface area is 207 Å². The number of aryl methyl sites for hydroxylation is 1. The highest BCUT2D eigenvalue weighted by atomic mass is 16.4. The number of rotatable bonds is 10. The predicted molar refractivity (Wildman–Crippen MR) is 135 cm³/mol. The summed E-state index contributed by atoms with van der Waals surface area (Å²) < 4.78 is 0. The van der Waals surface area contributed by atoms with Crippen LogP contribution < -0.4 is 16.4 Å². The van der Waals surface area contributed by atoms with E-state index in [1.165, 1.54) is 6.92 Å². The molecule has 7 N–H and O–H groups in total. The molecule has 0 fully saturated rings. The van der Waals surface area contributed by atoms with Crippen LogP contribution in [0, 0.1) is 0 Å². The number of hydrogen-bond donors (Lipinski definition) is 6. The van der Waals surface area contributed by atoms with E-state index in [0.29, 0.717) is 12.0 Å². The molecule has 0 aromatic heterocycles. The summed E-state index contributed by atoms with van der Waals surface area (Å²) in [5, 5.41) is 37.4. The lowest BCUT2D eigenvalue weighted by molar-refractivity contribution is -0.0670. The van der Waals surface area contributed by atoms with Gasteiger partial charge in [0, 0.05) is 12.0 Å². The Morgan fingerprint density at radius 2 is 1.49 bits per heavy atom. The van der Waals surface area contributed by atoms with Crippen molar-refractivity contribution in [3.63, 3.8) is 0 Å². The Bertz CT molecular complexity index is 949. The normalized spacial score (nSPS) is 15.9. The van der Waals surface area contributed by atoms with Crippen molar-refractivity contribution >= 4 is 12.1 Å². The van der Waals surface area contributed by atoms with Crippen molar-refractivity contribution < 1.29 is 24.9 Å². The molecule has 9 nitrogen and oxygen atoms in total. The van der Waals surface area contributed by atoms with E-state index in [9.17, 15) is 24.9 Å². The maximum Gasteiger partial charge on any atom is 0.410 e. The van der Waals surface area contributed by atoms with E-state index in [1.807, 2.05) is 36.4 Å². The molecule has 0 heterocycles. The van der Waals surface area contributed by atoms with Gasteiger partial charge in [-0.1, -0.05) is 60.7 Å². The third-order valence-corrected chi connectivity index (χ3v) is 5.69. The third kappa shape index (κ3) is 8.24. The van der Waals surface area contributed by atoms with Gasteiger partial charge in [0.05, 0.1) is 12.2 Å². The number of nitrogens with zero attached hydrogens (tertiary/aromatic N) is 1. The molecule has 0 spiro atoms. The molecule has 2 aromatic carbocycles. The van der Waals surface area contributed by atoms with Crippen LogP contribution in [0.5, 0.6) is 0 Å². The molecule has 2 aromatic rings. The fraction of sp³-hybridized carbons (Fsp3) is 0.462. The summed E-state index contributed by atoms with van der Waals surface area (Å²) in [4.78, 5) is 26.1. The van der Waals surface area contributed by atoms with Gasteiger partial charge in [-0.3, -0.25) is 4.90 Å². The predicted octanol–water partition coefficient (Wildman–Crippen LogP) is 2.66. The number of aliphatic hydroxyl groups is 2. The second kappa shape index (κ2) is 12.0. The first-order valence-electron chi connectivity index (χ1n) is 11.7. The molecule has 0 saturated heterocycles. The highest BCUT2D eigenvalue weighted by Crippen LogP contribution is 2.25. The number of carbonyl (C=O) groups excluding carboxylic acids is 1. The Morgan fingerprint density at radius 3 is 1.94 bits per heavy atom. The number of amides is 3. The largest absolute Gasteiger partial charge is 0.465 e. The van der Waals surface area contributed by atoms with Gasteiger partial charge in [-0.15, -0.1) is 0 Å². The molecule has 0 aliphatic heterocycles. The van der Waals surface area contributed by atoms with Gasteiger partial charge in [0.2, 0.25) is 0 Å². The lowest BCUT2D eigenvalue weighted by Crippen LogP contribution is -2.73. The zero-order valence-electron chi connectivity index (χ0n) is 20.8. The average Bonchev–Trinajstić information content (AvgIpc) is 2.76. The number of hydrogen-bond acceptors (Lipinski definition) is 5. The standard InChI is InChI=1S/C26H38N4O5/c1-18(31)26(27,17-20-13-9-6-10-14-20)30(24(34)35)22(28-23(33)29-25(2,3)4)21(32)16-15-19-11-7-5-8-12-19/h5-14,18,21-22,31-32H,15-17,27H2,1-4H3,(H,34,35)(H2,28,29,33). The van der Waals surface area contributed by atoms with Crippen LogP contribution in [0.2, 0.25) is 0 Å². The maximum absolute atomic E-state index is 12.8. The van der Waals surface area contributed by atoms with Crippen LogP contribution in [0.4, 0.5) is 9.59 Å². The molecule has 0 aliphatic carbocycles. The molecule has 3 amide bonds. The van der Waals surface area contributed by atoms with Gasteiger partial charge in [0.25, 0.3) is 0 Å². The summed E-state index contributed by atoms with van der Waals surface area (Å²) in [6.45, 7) is 6.73. The average molecular weight is 487 g/mol. The highest BCUT2D eigenvalue weighted by molar-refractivity contribution is 5.76. The van der Waals surface area contributed by atoms with E-state index < -0.39 is 41.7 Å². The number of nitrogens with one attached hydrogen (secondary N) is 2. The Hall–Kier alpha value is -3.14. The van der Waals surface area contributed by atoms with E-state index in [1.54, 1.807) is 45.0 Å². The SMILES string of the molecule is CC(O)C(N)(Cc1ccccc1)N(C(=O)O)C(NC(=O)NC(C)(C)C)C(O)CCc1ccccc1. The van der Waals surface area contributed by atoms with E-state index in [0.717, 1.165) is 10.5 Å². The minimum atomic E-state index is -1.85. The van der Waals surface area contributed by atoms with Crippen LogP contribution in [0.25, 0.3) is 0 Å². The molecule has 0 bridgehead atoms.